The predicted molar refractivity (Wildman–Crippen MR) is 42.1 cm³/mol. The van der Waals surface area contributed by atoms with E-state index in [2.05, 4.69) is 4.98 Å². The molecule has 0 aliphatic heterocycles. The Balaban J connectivity index is 3.37. The molecule has 1 heterocycles. The van der Waals surface area contributed by atoms with Crippen molar-refractivity contribution in [2.75, 3.05) is 6.26 Å². The molecule has 1 rings (SSSR count). The van der Waals surface area contributed by atoms with Gasteiger partial charge in [-0.05, 0) is 18.6 Å². The Hall–Kier alpha value is -0.900. The molecule has 0 aliphatic carbocycles. The normalized spacial score (nSPS) is 11.5. The zero-order valence-electron chi connectivity index (χ0n) is 6.40. The lowest BCUT2D eigenvalue weighted by Gasteiger charge is -1.99. The van der Waals surface area contributed by atoms with Crippen LogP contribution in [0.2, 0.25) is 0 Å². The lowest BCUT2D eigenvalue weighted by Crippen LogP contribution is -2.02. The molecule has 0 aliphatic rings. The Kier molecular flexibility index (Phi) is 1.95. The fourth-order valence-corrected chi connectivity index (χ4v) is 1.76. The van der Waals surface area contributed by atoms with Crippen molar-refractivity contribution in [3.05, 3.63) is 23.9 Å². The summed E-state index contributed by atoms with van der Waals surface area (Å²) >= 11 is 0. The van der Waals surface area contributed by atoms with Gasteiger partial charge in [-0.15, -0.1) is 0 Å². The van der Waals surface area contributed by atoms with Crippen LogP contribution >= 0.6 is 0 Å². The molecule has 0 bridgehead atoms. The van der Waals surface area contributed by atoms with Crippen LogP contribution in [0.5, 0.6) is 0 Å². The summed E-state index contributed by atoms with van der Waals surface area (Å²) in [5, 5.41) is 0.167. The monoisotopic (exact) mass is 171 g/mol. The van der Waals surface area contributed by atoms with Gasteiger partial charge in [0.05, 0.1) is 0 Å². The van der Waals surface area contributed by atoms with Gasteiger partial charge >= 0.3 is 0 Å². The number of hydrogen-bond donors (Lipinski definition) is 0. The Morgan fingerprint density at radius 3 is 2.45 bits per heavy atom. The van der Waals surface area contributed by atoms with Crippen molar-refractivity contribution < 1.29 is 8.42 Å². The van der Waals surface area contributed by atoms with Crippen LogP contribution in [0.25, 0.3) is 0 Å². The highest BCUT2D eigenvalue weighted by Gasteiger charge is 2.10. The first-order chi connectivity index (χ1) is 5.02. The fraction of sp³-hybridized carbons (Fsp3) is 0.286. The van der Waals surface area contributed by atoms with Crippen LogP contribution in [0, 0.1) is 6.92 Å². The third-order valence-corrected chi connectivity index (χ3v) is 2.44. The maximum absolute atomic E-state index is 11.0. The second-order valence-corrected chi connectivity index (χ2v) is 4.33. The number of pyridine rings is 1. The Morgan fingerprint density at radius 1 is 1.45 bits per heavy atom. The summed E-state index contributed by atoms with van der Waals surface area (Å²) in [6.45, 7) is 1.73. The van der Waals surface area contributed by atoms with E-state index in [1.54, 1.807) is 19.1 Å². The fourth-order valence-electron chi connectivity index (χ4n) is 0.859. The first kappa shape index (κ1) is 8.20. The summed E-state index contributed by atoms with van der Waals surface area (Å²) in [5.41, 5.74) is 0.690. The molecular formula is C7H9NO2S. The van der Waals surface area contributed by atoms with E-state index in [9.17, 15) is 8.42 Å². The molecule has 1 aromatic rings. The highest BCUT2D eigenvalue weighted by atomic mass is 32.2. The van der Waals surface area contributed by atoms with Crippen molar-refractivity contribution in [2.24, 2.45) is 0 Å². The van der Waals surface area contributed by atoms with Gasteiger partial charge in [0, 0.05) is 12.5 Å². The van der Waals surface area contributed by atoms with Crippen LogP contribution in [0.15, 0.2) is 23.4 Å². The van der Waals surface area contributed by atoms with Gasteiger partial charge in [-0.25, -0.2) is 13.4 Å². The third kappa shape index (κ3) is 1.77. The second-order valence-electron chi connectivity index (χ2n) is 2.40. The molecule has 0 saturated heterocycles. The van der Waals surface area contributed by atoms with Crippen LogP contribution in [-0.4, -0.2) is 19.7 Å². The summed E-state index contributed by atoms with van der Waals surface area (Å²) in [6, 6.07) is 3.44. The molecule has 60 valence electrons. The van der Waals surface area contributed by atoms with E-state index in [4.69, 9.17) is 0 Å². The van der Waals surface area contributed by atoms with Crippen molar-refractivity contribution in [3.63, 3.8) is 0 Å². The van der Waals surface area contributed by atoms with Gasteiger partial charge in [0.1, 0.15) is 0 Å². The van der Waals surface area contributed by atoms with Gasteiger partial charge in [-0.2, -0.15) is 0 Å². The summed E-state index contributed by atoms with van der Waals surface area (Å²) in [7, 11) is -3.14. The zero-order chi connectivity index (χ0) is 8.48. The summed E-state index contributed by atoms with van der Waals surface area (Å²) in [5.74, 6) is 0. The van der Waals surface area contributed by atoms with Crippen molar-refractivity contribution in [2.45, 2.75) is 11.9 Å². The zero-order valence-corrected chi connectivity index (χ0v) is 7.22. The van der Waals surface area contributed by atoms with E-state index in [-0.39, 0.29) is 5.03 Å². The molecule has 0 fully saturated rings. The molecule has 1 aromatic heterocycles. The highest BCUT2D eigenvalue weighted by Crippen LogP contribution is 2.09. The lowest BCUT2D eigenvalue weighted by molar-refractivity contribution is 0.597. The average molecular weight is 171 g/mol. The quantitative estimate of drug-likeness (QED) is 0.627. The summed E-state index contributed by atoms with van der Waals surface area (Å²) in [6.07, 6.45) is 2.63. The number of sulfone groups is 1. The van der Waals surface area contributed by atoms with Crippen LogP contribution in [0.1, 0.15) is 5.56 Å². The van der Waals surface area contributed by atoms with Gasteiger partial charge in [0.15, 0.2) is 14.9 Å². The molecule has 4 heteroatoms. The SMILES string of the molecule is Cc1cccnc1S(C)(=O)=O. The molecule has 0 spiro atoms. The average Bonchev–Trinajstić information content (AvgIpc) is 1.86. The van der Waals surface area contributed by atoms with E-state index < -0.39 is 9.84 Å². The molecule has 0 radical (unpaired) electrons. The van der Waals surface area contributed by atoms with E-state index in [0.29, 0.717) is 5.56 Å². The minimum absolute atomic E-state index is 0.167. The minimum atomic E-state index is -3.14. The molecule has 0 aromatic carbocycles. The van der Waals surface area contributed by atoms with Gasteiger partial charge in [-0.3, -0.25) is 0 Å². The van der Waals surface area contributed by atoms with Crippen LogP contribution in [0.4, 0.5) is 0 Å². The number of aryl methyl sites for hydroxylation is 1. The second kappa shape index (κ2) is 2.62. The van der Waals surface area contributed by atoms with E-state index in [0.717, 1.165) is 6.26 Å². The maximum Gasteiger partial charge on any atom is 0.193 e. The topological polar surface area (TPSA) is 47.0 Å². The van der Waals surface area contributed by atoms with E-state index in [1.807, 2.05) is 0 Å². The molecule has 0 saturated carbocycles. The summed E-state index contributed by atoms with van der Waals surface area (Å²) < 4.78 is 22.0. The molecule has 0 amide bonds. The molecular weight excluding hydrogens is 162 g/mol. The van der Waals surface area contributed by atoms with Gasteiger partial charge in [0.2, 0.25) is 0 Å². The number of rotatable bonds is 1. The standard InChI is InChI=1S/C7H9NO2S/c1-6-4-3-5-8-7(6)11(2,9)10/h3-5H,1-2H3. The number of aromatic nitrogens is 1. The molecule has 0 N–H and O–H groups in total. The van der Waals surface area contributed by atoms with Crippen LogP contribution in [0.3, 0.4) is 0 Å². The molecule has 11 heavy (non-hydrogen) atoms. The Labute approximate surface area is 66.0 Å². The first-order valence-electron chi connectivity index (χ1n) is 3.13. The van der Waals surface area contributed by atoms with Crippen molar-refractivity contribution in [3.8, 4) is 0 Å². The number of hydrogen-bond acceptors (Lipinski definition) is 3. The predicted octanol–water partition coefficient (Wildman–Crippen LogP) is 0.794. The molecule has 3 nitrogen and oxygen atoms in total. The lowest BCUT2D eigenvalue weighted by atomic mass is 10.3. The van der Waals surface area contributed by atoms with Crippen LogP contribution in [-0.2, 0) is 9.84 Å². The Morgan fingerprint density at radius 2 is 2.09 bits per heavy atom. The van der Waals surface area contributed by atoms with Crippen molar-refractivity contribution in [1.82, 2.24) is 4.98 Å². The maximum atomic E-state index is 11.0. The van der Waals surface area contributed by atoms with E-state index >= 15 is 0 Å². The Bertz CT molecular complexity index is 356. The van der Waals surface area contributed by atoms with Crippen LogP contribution < -0.4 is 0 Å². The van der Waals surface area contributed by atoms with Gasteiger partial charge < -0.3 is 0 Å². The largest absolute Gasteiger partial charge is 0.244 e. The highest BCUT2D eigenvalue weighted by molar-refractivity contribution is 7.90. The van der Waals surface area contributed by atoms with E-state index in [1.165, 1.54) is 6.20 Å². The third-order valence-electron chi connectivity index (χ3n) is 1.31. The smallest absolute Gasteiger partial charge is 0.193 e. The van der Waals surface area contributed by atoms with Crippen molar-refractivity contribution >= 4 is 9.84 Å². The minimum Gasteiger partial charge on any atom is -0.244 e. The van der Waals surface area contributed by atoms with Gasteiger partial charge in [0.25, 0.3) is 0 Å². The van der Waals surface area contributed by atoms with Crippen molar-refractivity contribution in [1.29, 1.82) is 0 Å². The van der Waals surface area contributed by atoms with Gasteiger partial charge in [-0.1, -0.05) is 6.07 Å². The molecule has 0 atom stereocenters. The number of nitrogens with zero attached hydrogens (tertiary/aromatic N) is 1. The summed E-state index contributed by atoms with van der Waals surface area (Å²) in [4.78, 5) is 3.76. The molecule has 0 unspecified atom stereocenters. The first-order valence-corrected chi connectivity index (χ1v) is 5.02.